The fraction of sp³-hybridized carbons (Fsp3) is 0.905. The number of phosphoric acid groups is 1. The van der Waals surface area contributed by atoms with Gasteiger partial charge in [0, 0.05) is 25.7 Å². The van der Waals surface area contributed by atoms with Crippen molar-refractivity contribution in [1.29, 1.82) is 0 Å². The molecule has 0 amide bonds. The Morgan fingerprint density at radius 2 is 1.00 bits per heavy atom. The first kappa shape index (κ1) is 51.1. The number of likely N-dealkylation sites (N-methyl/N-ethyl adjacent to an activating group) is 1. The Morgan fingerprint density at radius 3 is 1.37 bits per heavy atom. The van der Waals surface area contributed by atoms with E-state index in [1.165, 1.54) is 109 Å². The smallest absolute Gasteiger partial charge is 0.394 e. The van der Waals surface area contributed by atoms with Crippen molar-refractivity contribution in [2.75, 3.05) is 34.3 Å². The van der Waals surface area contributed by atoms with E-state index in [0.29, 0.717) is 12.2 Å². The number of allylic oxidation sites excluding steroid dienone is 2. The molecule has 0 aromatic heterocycles. The van der Waals surface area contributed by atoms with Crippen molar-refractivity contribution in [3.8, 4) is 0 Å². The lowest BCUT2D eigenvalue weighted by Crippen LogP contribution is -2.56. The maximum atomic E-state index is 13.3. The molecule has 0 bridgehead atoms. The maximum Gasteiger partial charge on any atom is 0.470 e. The molecule has 0 aromatic carbocycles. The quantitative estimate of drug-likeness (QED) is 0.0210. The Morgan fingerprint density at radius 1 is 0.635 bits per heavy atom. The van der Waals surface area contributed by atoms with Gasteiger partial charge in [0.05, 0.1) is 33.9 Å². The summed E-state index contributed by atoms with van der Waals surface area (Å²) in [6.07, 6.45) is 35.7. The van der Waals surface area contributed by atoms with Crippen LogP contribution in [0.4, 0.5) is 0 Å². The molecular weight excluding hydrogens is 677 g/mol. The van der Waals surface area contributed by atoms with Gasteiger partial charge in [-0.05, 0) is 44.9 Å². The molecule has 0 heterocycles. The number of phosphoric ester groups is 1. The largest absolute Gasteiger partial charge is 0.470 e. The Hall–Kier alpha value is -0.930. The molecule has 0 aliphatic carbocycles. The number of quaternary nitrogens is 1. The fourth-order valence-electron chi connectivity index (χ4n) is 7.12. The zero-order chi connectivity index (χ0) is 39.0. The van der Waals surface area contributed by atoms with Gasteiger partial charge in [-0.15, -0.1) is 0 Å². The third-order valence-electron chi connectivity index (χ3n) is 9.88. The monoisotopic (exact) mass is 761 g/mol. The molecule has 0 spiro atoms. The van der Waals surface area contributed by atoms with Crippen LogP contribution in [0.25, 0.3) is 0 Å². The van der Waals surface area contributed by atoms with Gasteiger partial charge in [-0.25, -0.2) is 4.57 Å². The summed E-state index contributed by atoms with van der Waals surface area (Å²) in [6.45, 7) is 1.60. The standard InChI is InChI=1S/C42H82NO8P/c1-5-6-7-8-9-10-11-15-18-21-24-27-30-33-39(45)34-31-28-25-22-19-16-13-12-14-17-20-23-26-29-32-35-41(47)42(36-40(46)37-44,38-43(2,3)4)51-52(48,49)50/h12,14,40,44,46H,5-11,13,15-38H2,1-4H3,(H-,48,49,50)/p+1/b14-12-. The molecule has 0 saturated carbocycles. The first-order valence-electron chi connectivity index (χ1n) is 21.3. The van der Waals surface area contributed by atoms with E-state index in [1.807, 2.05) is 0 Å². The van der Waals surface area contributed by atoms with E-state index in [9.17, 15) is 34.2 Å². The zero-order valence-electron chi connectivity index (χ0n) is 34.2. The fourth-order valence-corrected chi connectivity index (χ4v) is 7.81. The second kappa shape index (κ2) is 32.3. The molecule has 10 heteroatoms. The predicted octanol–water partition coefficient (Wildman–Crippen LogP) is 10.3. The number of carbonyl (C=O) groups excluding carboxylic acids is 2. The van der Waals surface area contributed by atoms with Crippen LogP contribution in [0.15, 0.2) is 12.2 Å². The SMILES string of the molecule is CCCCCCCCCCCCCCCC(=O)CCCCCCCC/C=C\CCCCCCCC(=O)C(CC(O)CO)(C[N+](C)(C)C)OP(=O)(O)O. The van der Waals surface area contributed by atoms with Crippen molar-refractivity contribution >= 4 is 19.4 Å². The van der Waals surface area contributed by atoms with E-state index in [1.54, 1.807) is 21.1 Å². The molecule has 308 valence electrons. The maximum absolute atomic E-state index is 13.3. The molecule has 2 atom stereocenters. The van der Waals surface area contributed by atoms with Crippen molar-refractivity contribution in [2.24, 2.45) is 0 Å². The molecule has 0 aliphatic rings. The second-order valence-corrected chi connectivity index (χ2v) is 17.6. The Kier molecular flexibility index (Phi) is 31.7. The summed E-state index contributed by atoms with van der Waals surface area (Å²) < 4.78 is 17.0. The Labute approximate surface area is 319 Å². The van der Waals surface area contributed by atoms with Crippen LogP contribution in [-0.2, 0) is 18.7 Å². The number of ketones is 2. The minimum Gasteiger partial charge on any atom is -0.394 e. The topological polar surface area (TPSA) is 141 Å². The van der Waals surface area contributed by atoms with Gasteiger partial charge in [0.1, 0.15) is 12.3 Å². The lowest BCUT2D eigenvalue weighted by molar-refractivity contribution is -0.875. The second-order valence-electron chi connectivity index (χ2n) is 16.5. The van der Waals surface area contributed by atoms with Gasteiger partial charge in [-0.1, -0.05) is 141 Å². The van der Waals surface area contributed by atoms with Gasteiger partial charge in [0.25, 0.3) is 0 Å². The molecule has 4 N–H and O–H groups in total. The average Bonchev–Trinajstić information content (AvgIpc) is 3.06. The first-order valence-corrected chi connectivity index (χ1v) is 22.8. The summed E-state index contributed by atoms with van der Waals surface area (Å²) in [6, 6.07) is 0. The molecule has 0 aromatic rings. The van der Waals surface area contributed by atoms with E-state index in [2.05, 4.69) is 19.1 Å². The van der Waals surface area contributed by atoms with Crippen molar-refractivity contribution in [3.05, 3.63) is 12.2 Å². The molecule has 52 heavy (non-hydrogen) atoms. The normalized spacial score (nSPS) is 14.2. The van der Waals surface area contributed by atoms with E-state index in [4.69, 9.17) is 4.52 Å². The molecule has 9 nitrogen and oxygen atoms in total. The van der Waals surface area contributed by atoms with Crippen LogP contribution in [0.5, 0.6) is 0 Å². The lowest BCUT2D eigenvalue weighted by Gasteiger charge is -2.38. The Bertz CT molecular complexity index is 947. The van der Waals surface area contributed by atoms with E-state index in [0.717, 1.165) is 64.2 Å². The number of unbranched alkanes of at least 4 members (excludes halogenated alkanes) is 23. The van der Waals surface area contributed by atoms with Gasteiger partial charge in [0.15, 0.2) is 11.4 Å². The van der Waals surface area contributed by atoms with E-state index < -0.39 is 31.9 Å². The molecule has 0 radical (unpaired) electrons. The molecule has 0 rings (SSSR count). The molecule has 0 aliphatic heterocycles. The third-order valence-corrected chi connectivity index (χ3v) is 10.5. The van der Waals surface area contributed by atoms with Crippen LogP contribution >= 0.6 is 7.82 Å². The molecule has 0 saturated heterocycles. The molecule has 0 fully saturated rings. The highest BCUT2D eigenvalue weighted by atomic mass is 31.2. The number of aliphatic hydroxyl groups excluding tert-OH is 2. The summed E-state index contributed by atoms with van der Waals surface area (Å²) in [7, 11) is 0.308. The van der Waals surface area contributed by atoms with Gasteiger partial charge in [-0.2, -0.15) is 0 Å². The molecule has 2 unspecified atom stereocenters. The molecular formula is C42H83NO8P+. The number of nitrogens with zero attached hydrogens (tertiary/aromatic N) is 1. The summed E-state index contributed by atoms with van der Waals surface area (Å²) in [5, 5.41) is 19.4. The lowest BCUT2D eigenvalue weighted by atomic mass is 9.87. The summed E-state index contributed by atoms with van der Waals surface area (Å²) >= 11 is 0. The number of hydrogen-bond donors (Lipinski definition) is 4. The third kappa shape index (κ3) is 32.5. The van der Waals surface area contributed by atoms with Crippen molar-refractivity contribution in [3.63, 3.8) is 0 Å². The van der Waals surface area contributed by atoms with E-state index in [-0.39, 0.29) is 23.9 Å². The number of aliphatic hydroxyl groups is 2. The zero-order valence-corrected chi connectivity index (χ0v) is 35.1. The highest BCUT2D eigenvalue weighted by Gasteiger charge is 2.49. The van der Waals surface area contributed by atoms with Crippen LogP contribution in [0.3, 0.4) is 0 Å². The van der Waals surface area contributed by atoms with Gasteiger partial charge in [-0.3, -0.25) is 14.1 Å². The minimum atomic E-state index is -5.02. The van der Waals surface area contributed by atoms with Gasteiger partial charge < -0.3 is 24.5 Å². The number of carbonyl (C=O) groups is 2. The van der Waals surface area contributed by atoms with Crippen LogP contribution in [0, 0.1) is 0 Å². The summed E-state index contributed by atoms with van der Waals surface area (Å²) in [5.41, 5.74) is -1.88. The highest BCUT2D eigenvalue weighted by molar-refractivity contribution is 7.46. The first-order chi connectivity index (χ1) is 24.7. The van der Waals surface area contributed by atoms with Crippen LogP contribution in [-0.4, -0.2) is 82.0 Å². The number of Topliss-reactive ketones (excluding diaryl/α,β-unsaturated/α-hetero) is 2. The van der Waals surface area contributed by atoms with Crippen LogP contribution in [0.1, 0.15) is 200 Å². The highest BCUT2D eigenvalue weighted by Crippen LogP contribution is 2.44. The van der Waals surface area contributed by atoms with Crippen molar-refractivity contribution in [2.45, 2.75) is 211 Å². The van der Waals surface area contributed by atoms with Crippen molar-refractivity contribution < 1.29 is 43.2 Å². The number of rotatable bonds is 39. The van der Waals surface area contributed by atoms with Gasteiger partial charge >= 0.3 is 7.82 Å². The van der Waals surface area contributed by atoms with Crippen LogP contribution in [0.2, 0.25) is 0 Å². The minimum absolute atomic E-state index is 0.0396. The summed E-state index contributed by atoms with van der Waals surface area (Å²) in [5.74, 6) is 0.00761. The predicted molar refractivity (Wildman–Crippen MR) is 215 cm³/mol. The summed E-state index contributed by atoms with van der Waals surface area (Å²) in [4.78, 5) is 44.6. The van der Waals surface area contributed by atoms with E-state index >= 15 is 0 Å². The van der Waals surface area contributed by atoms with Crippen molar-refractivity contribution in [1.82, 2.24) is 0 Å². The van der Waals surface area contributed by atoms with Crippen LogP contribution < -0.4 is 0 Å². The number of hydrogen-bond acceptors (Lipinski definition) is 6. The van der Waals surface area contributed by atoms with Gasteiger partial charge in [0.2, 0.25) is 0 Å². The Balaban J connectivity index is 3.81. The average molecular weight is 761 g/mol.